The van der Waals surface area contributed by atoms with Crippen molar-refractivity contribution in [3.05, 3.63) is 245 Å². The van der Waals surface area contributed by atoms with Crippen LogP contribution in [-0.2, 0) is 21.7 Å². The lowest BCUT2D eigenvalue weighted by Crippen LogP contribution is -2.62. The summed E-state index contributed by atoms with van der Waals surface area (Å²) in [5.41, 5.74) is 24.6. The summed E-state index contributed by atoms with van der Waals surface area (Å²) in [6, 6.07) is 77.9. The number of benzene rings is 9. The van der Waals surface area contributed by atoms with Crippen LogP contribution in [0.2, 0.25) is 0 Å². The van der Waals surface area contributed by atoms with Crippen molar-refractivity contribution in [2.24, 2.45) is 0 Å². The summed E-state index contributed by atoms with van der Waals surface area (Å²) in [5.74, 6) is 0. The first-order chi connectivity index (χ1) is 35.3. The zero-order valence-corrected chi connectivity index (χ0v) is 42.9. The van der Waals surface area contributed by atoms with Gasteiger partial charge in [-0.05, 0) is 138 Å². The molecule has 0 saturated carbocycles. The number of furan rings is 1. The average Bonchev–Trinajstić information content (AvgIpc) is 3.79. The Kier molecular flexibility index (Phi) is 9.38. The second kappa shape index (κ2) is 15.6. The van der Waals surface area contributed by atoms with Crippen LogP contribution in [0.1, 0.15) is 100 Å². The van der Waals surface area contributed by atoms with Crippen LogP contribution in [0.3, 0.4) is 0 Å². The van der Waals surface area contributed by atoms with Gasteiger partial charge in [0, 0.05) is 33.6 Å². The second-order valence-corrected chi connectivity index (χ2v) is 23.5. The van der Waals surface area contributed by atoms with Crippen LogP contribution < -0.4 is 20.8 Å². The molecule has 0 fully saturated rings. The fourth-order valence-corrected chi connectivity index (χ4v) is 13.5. The van der Waals surface area contributed by atoms with E-state index in [9.17, 15) is 0 Å². The lowest BCUT2D eigenvalue weighted by molar-refractivity contribution is 0.332. The summed E-state index contributed by atoms with van der Waals surface area (Å²) in [4.78, 5) is 5.30. The van der Waals surface area contributed by atoms with Gasteiger partial charge in [-0.25, -0.2) is 0 Å². The molecule has 9 aromatic carbocycles. The minimum Gasteiger partial charge on any atom is -0.466 e. The lowest BCUT2D eigenvalue weighted by atomic mass is 9.44. The summed E-state index contributed by atoms with van der Waals surface area (Å²) < 4.78 is 7.82. The predicted molar refractivity (Wildman–Crippen MR) is 307 cm³/mol. The van der Waals surface area contributed by atoms with E-state index in [1.807, 2.05) is 0 Å². The Balaban J connectivity index is 1.17. The van der Waals surface area contributed by atoms with Crippen LogP contribution >= 0.6 is 0 Å². The van der Waals surface area contributed by atoms with E-state index in [1.54, 1.807) is 0 Å². The number of hydrogen-bond acceptors (Lipinski definition) is 3. The molecule has 10 aromatic rings. The minimum absolute atomic E-state index is 0.00128. The highest BCUT2D eigenvalue weighted by Crippen LogP contribution is 2.61. The van der Waals surface area contributed by atoms with Gasteiger partial charge in [-0.2, -0.15) is 0 Å². The summed E-state index contributed by atoms with van der Waals surface area (Å²) >= 11 is 0. The maximum Gasteiger partial charge on any atom is 0.375 e. The molecular weight excluding hydrogens is 884 g/mol. The molecule has 1 aliphatic carbocycles. The normalized spacial score (nSPS) is 16.3. The van der Waals surface area contributed by atoms with Crippen LogP contribution in [0.5, 0.6) is 0 Å². The minimum atomic E-state index is -0.620. The molecule has 0 atom stereocenters. The highest BCUT2D eigenvalue weighted by atomic mass is 16.3. The van der Waals surface area contributed by atoms with Crippen LogP contribution in [0, 0.1) is 0 Å². The van der Waals surface area contributed by atoms with E-state index in [1.165, 1.54) is 94.8 Å². The van der Waals surface area contributed by atoms with Crippen LogP contribution in [0.25, 0.3) is 44.3 Å². The molecular formula is C69H59BN2O. The van der Waals surface area contributed by atoms with Crippen LogP contribution in [-0.4, -0.2) is 6.85 Å². The number of para-hydroxylation sites is 2. The Hall–Kier alpha value is -7.82. The Labute approximate surface area is 430 Å². The van der Waals surface area contributed by atoms with E-state index in [0.29, 0.717) is 0 Å². The van der Waals surface area contributed by atoms with Gasteiger partial charge in [-0.3, -0.25) is 0 Å². The van der Waals surface area contributed by atoms with Gasteiger partial charge in [0.1, 0.15) is 11.2 Å². The number of hydrogen-bond donors (Lipinski definition) is 0. The Bertz CT molecular complexity index is 3810. The quantitative estimate of drug-likeness (QED) is 0.160. The van der Waals surface area contributed by atoms with E-state index in [0.717, 1.165) is 40.8 Å². The molecule has 354 valence electrons. The molecule has 3 nitrogen and oxygen atoms in total. The standard InChI is InChI=1S/C69H59BN2O/c1-66(2,3)49-35-36-58(51(41-49)45-25-14-9-15-26-45)71-60-40-46(44-23-12-8-13-24-44)39-52-50-31-22-33-55-63(50)72(59-34-21-20-32-54(59)69(55,47-27-16-10-17-28-47)48-29-18-11-19-30-48)70(62(52)60)65-64(71)53-42-56-57(43-61(53)73-65)68(6,7)38-37-67(56,4)5/h8-36,39-43H,37-38H2,1-7H3. The van der Waals surface area contributed by atoms with Gasteiger partial charge in [0.05, 0.1) is 16.8 Å². The molecule has 4 aliphatic rings. The second-order valence-electron chi connectivity index (χ2n) is 23.5. The zero-order chi connectivity index (χ0) is 49.6. The topological polar surface area (TPSA) is 19.6 Å². The fourth-order valence-electron chi connectivity index (χ4n) is 13.5. The van der Waals surface area contributed by atoms with Crippen molar-refractivity contribution >= 4 is 57.4 Å². The Morgan fingerprint density at radius 1 is 0.452 bits per heavy atom. The van der Waals surface area contributed by atoms with Crippen molar-refractivity contribution in [2.45, 2.75) is 83.0 Å². The number of anilines is 5. The number of fused-ring (bicyclic) bond motifs is 9. The molecule has 0 unspecified atom stereocenters. The first-order valence-electron chi connectivity index (χ1n) is 26.3. The maximum atomic E-state index is 7.82. The van der Waals surface area contributed by atoms with Crippen LogP contribution in [0.15, 0.2) is 211 Å². The van der Waals surface area contributed by atoms with Gasteiger partial charge in [0.15, 0.2) is 0 Å². The van der Waals surface area contributed by atoms with Gasteiger partial charge in [-0.15, -0.1) is 0 Å². The maximum absolute atomic E-state index is 7.82. The number of rotatable bonds is 5. The van der Waals surface area contributed by atoms with E-state index >= 15 is 0 Å². The van der Waals surface area contributed by atoms with Crippen molar-refractivity contribution in [2.75, 3.05) is 9.71 Å². The third-order valence-corrected chi connectivity index (χ3v) is 17.3. The molecule has 0 saturated heterocycles. The highest BCUT2D eigenvalue weighted by Gasteiger charge is 2.55. The van der Waals surface area contributed by atoms with Crippen LogP contribution in [0.4, 0.5) is 28.4 Å². The van der Waals surface area contributed by atoms with Gasteiger partial charge >= 0.3 is 6.85 Å². The summed E-state index contributed by atoms with van der Waals surface area (Å²) in [7, 11) is 0. The smallest absolute Gasteiger partial charge is 0.375 e. The first-order valence-corrected chi connectivity index (χ1v) is 26.3. The van der Waals surface area contributed by atoms with E-state index in [2.05, 4.69) is 264 Å². The molecule has 3 aliphatic heterocycles. The van der Waals surface area contributed by atoms with Gasteiger partial charge in [0.25, 0.3) is 0 Å². The SMILES string of the molecule is CC(C)(C)c1ccc(N2c3cc(-c4ccccc4)cc4c3B(c3oc5cc6c(cc5c32)C(C)(C)CCC6(C)C)N2c3ccccc3C(c3ccccc3)(c3ccccc3)c3cccc-4c32)c(-c2ccccc2)c1. The molecule has 0 radical (unpaired) electrons. The largest absolute Gasteiger partial charge is 0.466 e. The molecule has 0 N–H and O–H groups in total. The molecule has 0 spiro atoms. The van der Waals surface area contributed by atoms with E-state index < -0.39 is 5.41 Å². The summed E-state index contributed by atoms with van der Waals surface area (Å²) in [6.07, 6.45) is 2.25. The van der Waals surface area contributed by atoms with E-state index in [-0.39, 0.29) is 23.1 Å². The molecule has 14 rings (SSSR count). The van der Waals surface area contributed by atoms with Gasteiger partial charge in [-0.1, -0.05) is 212 Å². The van der Waals surface area contributed by atoms with Crippen molar-refractivity contribution < 1.29 is 4.42 Å². The van der Waals surface area contributed by atoms with Gasteiger partial charge < -0.3 is 14.1 Å². The molecule has 0 bridgehead atoms. The van der Waals surface area contributed by atoms with Crippen molar-refractivity contribution in [3.8, 4) is 33.4 Å². The molecule has 4 heteroatoms. The average molecular weight is 943 g/mol. The monoisotopic (exact) mass is 942 g/mol. The zero-order valence-electron chi connectivity index (χ0n) is 42.9. The molecule has 73 heavy (non-hydrogen) atoms. The van der Waals surface area contributed by atoms with E-state index in [4.69, 9.17) is 4.42 Å². The number of nitrogens with zero attached hydrogens (tertiary/aromatic N) is 2. The highest BCUT2D eigenvalue weighted by molar-refractivity contribution is 6.93. The van der Waals surface area contributed by atoms with Crippen molar-refractivity contribution in [3.63, 3.8) is 0 Å². The predicted octanol–water partition coefficient (Wildman–Crippen LogP) is 16.8. The van der Waals surface area contributed by atoms with Crippen molar-refractivity contribution in [1.29, 1.82) is 0 Å². The fraction of sp³-hybridized carbons (Fsp3) is 0.188. The summed E-state index contributed by atoms with van der Waals surface area (Å²) in [6.45, 7) is 16.4. The summed E-state index contributed by atoms with van der Waals surface area (Å²) in [5, 5.41) is 1.16. The van der Waals surface area contributed by atoms with Crippen molar-refractivity contribution in [1.82, 2.24) is 0 Å². The third-order valence-electron chi connectivity index (χ3n) is 17.3. The van der Waals surface area contributed by atoms with Gasteiger partial charge in [0.2, 0.25) is 0 Å². The third kappa shape index (κ3) is 6.26. The first kappa shape index (κ1) is 43.9. The molecule has 0 amide bonds. The lowest BCUT2D eigenvalue weighted by Gasteiger charge is -2.52. The Morgan fingerprint density at radius 3 is 1.70 bits per heavy atom. The Morgan fingerprint density at radius 2 is 1.04 bits per heavy atom. The molecule has 4 heterocycles. The molecule has 1 aromatic heterocycles.